The van der Waals surface area contributed by atoms with Gasteiger partial charge in [-0.15, -0.1) is 0 Å². The van der Waals surface area contributed by atoms with Crippen LogP contribution < -0.4 is 15.2 Å². The van der Waals surface area contributed by atoms with Crippen molar-refractivity contribution in [3.63, 3.8) is 0 Å². The van der Waals surface area contributed by atoms with E-state index >= 15 is 0 Å². The van der Waals surface area contributed by atoms with Gasteiger partial charge in [-0.2, -0.15) is 13.2 Å². The number of carbonyl (C=O) groups is 1. The Morgan fingerprint density at radius 3 is 2.59 bits per heavy atom. The molecule has 0 atom stereocenters. The van der Waals surface area contributed by atoms with Crippen LogP contribution in [-0.4, -0.2) is 31.8 Å². The molecule has 2 N–H and O–H groups in total. The van der Waals surface area contributed by atoms with Crippen molar-refractivity contribution in [1.82, 2.24) is 9.71 Å². The molecule has 0 radical (unpaired) electrons. The number of rotatable bonds is 5. The lowest BCUT2D eigenvalue weighted by Gasteiger charge is -2.15. The molecule has 0 bridgehead atoms. The zero-order chi connectivity index (χ0) is 24.7. The summed E-state index contributed by atoms with van der Waals surface area (Å²) in [5.74, 6) is -0.0905. The van der Waals surface area contributed by atoms with Gasteiger partial charge in [-0.3, -0.25) is 14.4 Å². The number of hydrogen-bond donors (Lipinski definition) is 2. The molecule has 2 aromatic carbocycles. The minimum absolute atomic E-state index is 0.00665. The highest BCUT2D eigenvalue weighted by Gasteiger charge is 2.34. The SMILES string of the molecule is CCS(=O)(=O)NC=C1CN(c2ccc3cc(-c4ccccc4C(F)(F)F)[nH]c(=O)c3c2)C(=O)O1. The number of pyridine rings is 1. The predicted molar refractivity (Wildman–Crippen MR) is 120 cm³/mol. The zero-order valence-electron chi connectivity index (χ0n) is 17.6. The summed E-state index contributed by atoms with van der Waals surface area (Å²) in [7, 11) is -3.53. The van der Waals surface area contributed by atoms with E-state index in [1.165, 1.54) is 54.3 Å². The van der Waals surface area contributed by atoms with E-state index in [-0.39, 0.29) is 34.7 Å². The van der Waals surface area contributed by atoms with E-state index in [1.807, 2.05) is 0 Å². The third kappa shape index (κ3) is 4.62. The number of H-pyrrole nitrogens is 1. The highest BCUT2D eigenvalue weighted by Crippen LogP contribution is 2.36. The number of hydrogen-bond acceptors (Lipinski definition) is 5. The summed E-state index contributed by atoms with van der Waals surface area (Å²) in [6.07, 6.45) is -4.29. The Labute approximate surface area is 191 Å². The third-order valence-corrected chi connectivity index (χ3v) is 6.43. The molecular weight excluding hydrogens is 475 g/mol. The van der Waals surface area contributed by atoms with Crippen LogP contribution >= 0.6 is 0 Å². The van der Waals surface area contributed by atoms with E-state index < -0.39 is 33.4 Å². The number of aromatic amines is 1. The number of nitrogens with zero attached hydrogens (tertiary/aromatic N) is 1. The van der Waals surface area contributed by atoms with Crippen molar-refractivity contribution in [2.75, 3.05) is 17.2 Å². The monoisotopic (exact) mass is 493 g/mol. The molecule has 1 aliphatic rings. The highest BCUT2D eigenvalue weighted by atomic mass is 32.2. The van der Waals surface area contributed by atoms with E-state index in [9.17, 15) is 31.2 Å². The van der Waals surface area contributed by atoms with Gasteiger partial charge in [-0.1, -0.05) is 24.3 Å². The smallest absolute Gasteiger partial charge is 0.411 e. The van der Waals surface area contributed by atoms with Crippen molar-refractivity contribution in [3.8, 4) is 11.3 Å². The van der Waals surface area contributed by atoms with Crippen LogP contribution in [0.4, 0.5) is 23.7 Å². The van der Waals surface area contributed by atoms with Crippen LogP contribution in [0.25, 0.3) is 22.0 Å². The standard InChI is InChI=1S/C22H18F3N3O5S/c1-2-34(31,32)26-11-15-12-28(21(30)33-15)14-8-7-13-9-19(27-20(29)17(13)10-14)16-5-3-4-6-18(16)22(23,24)25/h3-11,26H,2,12H2,1H3,(H,27,29). The van der Waals surface area contributed by atoms with Crippen LogP contribution in [0, 0.1) is 0 Å². The van der Waals surface area contributed by atoms with Crippen LogP contribution in [0.3, 0.4) is 0 Å². The largest absolute Gasteiger partial charge is 0.419 e. The fourth-order valence-electron chi connectivity index (χ4n) is 3.46. The Morgan fingerprint density at radius 2 is 1.88 bits per heavy atom. The van der Waals surface area contributed by atoms with E-state index in [0.29, 0.717) is 11.1 Å². The number of alkyl halides is 3. The molecule has 0 spiro atoms. The second-order valence-electron chi connectivity index (χ2n) is 7.41. The van der Waals surface area contributed by atoms with Crippen molar-refractivity contribution in [3.05, 3.63) is 76.4 Å². The van der Waals surface area contributed by atoms with Crippen molar-refractivity contribution >= 4 is 32.6 Å². The first-order valence-electron chi connectivity index (χ1n) is 10.0. The van der Waals surface area contributed by atoms with Crippen molar-refractivity contribution < 1.29 is 31.1 Å². The summed E-state index contributed by atoms with van der Waals surface area (Å²) >= 11 is 0. The fourth-order valence-corrected chi connectivity index (χ4v) is 3.93. The molecule has 1 aromatic heterocycles. The van der Waals surface area contributed by atoms with Gasteiger partial charge in [0.25, 0.3) is 5.56 Å². The molecule has 8 nitrogen and oxygen atoms in total. The minimum atomic E-state index is -4.60. The molecule has 1 saturated heterocycles. The van der Waals surface area contributed by atoms with E-state index in [2.05, 4.69) is 9.71 Å². The number of nitrogens with one attached hydrogen (secondary N) is 2. The average molecular weight is 493 g/mol. The number of anilines is 1. The summed E-state index contributed by atoms with van der Waals surface area (Å²) in [5, 5.41) is 0.529. The Kier molecular flexibility index (Phi) is 5.86. The van der Waals surface area contributed by atoms with Gasteiger partial charge in [0.1, 0.15) is 5.76 Å². The zero-order valence-corrected chi connectivity index (χ0v) is 18.5. The van der Waals surface area contributed by atoms with Gasteiger partial charge in [-0.05, 0) is 36.6 Å². The molecule has 0 saturated carbocycles. The normalized spacial score (nSPS) is 15.7. The molecule has 0 unspecified atom stereocenters. The highest BCUT2D eigenvalue weighted by molar-refractivity contribution is 7.89. The van der Waals surface area contributed by atoms with Gasteiger partial charge in [0.05, 0.1) is 24.1 Å². The van der Waals surface area contributed by atoms with Gasteiger partial charge in [0, 0.05) is 22.3 Å². The average Bonchev–Trinajstić information content (AvgIpc) is 3.17. The molecule has 0 aliphatic carbocycles. The van der Waals surface area contributed by atoms with Gasteiger partial charge < -0.3 is 9.72 Å². The quantitative estimate of drug-likeness (QED) is 0.560. The minimum Gasteiger partial charge on any atom is -0.411 e. The van der Waals surface area contributed by atoms with Crippen LogP contribution in [0.15, 0.2) is 65.3 Å². The summed E-state index contributed by atoms with van der Waals surface area (Å²) in [6.45, 7) is 1.37. The van der Waals surface area contributed by atoms with Gasteiger partial charge >= 0.3 is 12.3 Å². The lowest BCUT2D eigenvalue weighted by molar-refractivity contribution is -0.137. The van der Waals surface area contributed by atoms with E-state index in [1.54, 1.807) is 0 Å². The van der Waals surface area contributed by atoms with Crippen LogP contribution in [-0.2, 0) is 20.9 Å². The second-order valence-corrected chi connectivity index (χ2v) is 9.46. The second kappa shape index (κ2) is 8.52. The number of carbonyl (C=O) groups excluding carboxylic acids is 1. The van der Waals surface area contributed by atoms with Crippen LogP contribution in [0.1, 0.15) is 12.5 Å². The molecule has 3 aromatic rings. The topological polar surface area (TPSA) is 109 Å². The fraction of sp³-hybridized carbons (Fsp3) is 0.182. The van der Waals surface area contributed by atoms with Crippen molar-refractivity contribution in [1.29, 1.82) is 0 Å². The van der Waals surface area contributed by atoms with Crippen LogP contribution in [0.2, 0.25) is 0 Å². The Hall–Kier alpha value is -3.80. The maximum Gasteiger partial charge on any atom is 0.419 e. The lowest BCUT2D eigenvalue weighted by atomic mass is 10.0. The summed E-state index contributed by atoms with van der Waals surface area (Å²) in [4.78, 5) is 28.7. The molecule has 1 aliphatic heterocycles. The first-order chi connectivity index (χ1) is 16.0. The Bertz CT molecular complexity index is 1480. The molecule has 12 heteroatoms. The van der Waals surface area contributed by atoms with E-state index in [4.69, 9.17) is 4.74 Å². The molecule has 34 heavy (non-hydrogen) atoms. The van der Waals surface area contributed by atoms with E-state index in [0.717, 1.165) is 12.3 Å². The summed E-state index contributed by atoms with van der Waals surface area (Å²) < 4.78 is 70.6. The maximum atomic E-state index is 13.4. The molecule has 1 fully saturated rings. The first-order valence-corrected chi connectivity index (χ1v) is 11.7. The number of benzene rings is 2. The van der Waals surface area contributed by atoms with Gasteiger partial charge in [0.2, 0.25) is 10.0 Å². The number of sulfonamides is 1. The lowest BCUT2D eigenvalue weighted by Crippen LogP contribution is -2.24. The summed E-state index contributed by atoms with van der Waals surface area (Å²) in [5.41, 5.74) is -1.37. The molecular formula is C22H18F3N3O5S. The number of ether oxygens (including phenoxy) is 1. The molecule has 2 heterocycles. The maximum absolute atomic E-state index is 13.4. The Morgan fingerprint density at radius 1 is 1.15 bits per heavy atom. The number of aromatic nitrogens is 1. The third-order valence-electron chi connectivity index (χ3n) is 5.20. The van der Waals surface area contributed by atoms with Gasteiger partial charge in [0.15, 0.2) is 0 Å². The predicted octanol–water partition coefficient (Wildman–Crippen LogP) is 3.95. The Balaban J connectivity index is 1.68. The number of halogens is 3. The molecule has 4 rings (SSSR count). The molecule has 178 valence electrons. The van der Waals surface area contributed by atoms with Crippen molar-refractivity contribution in [2.24, 2.45) is 0 Å². The number of amides is 1. The first kappa shape index (κ1) is 23.4. The number of fused-ring (bicyclic) bond motifs is 1. The molecule has 1 amide bonds. The van der Waals surface area contributed by atoms with Gasteiger partial charge in [-0.25, -0.2) is 13.2 Å². The summed E-state index contributed by atoms with van der Waals surface area (Å²) in [6, 6.07) is 10.8. The van der Waals surface area contributed by atoms with Crippen molar-refractivity contribution in [2.45, 2.75) is 13.1 Å². The van der Waals surface area contributed by atoms with Crippen LogP contribution in [0.5, 0.6) is 0 Å². The number of cyclic esters (lactones) is 1.